The molecule has 3 N–H and O–H groups in total. The standard InChI is InChI=1S/C10H12N2O3S/c1-6-10(13)12-8-4-2-3-7(5-11)9(8)16(6,14)15/h2-4,6H,5,11H2,1H3,(H,12,13). The van der Waals surface area contributed by atoms with E-state index in [9.17, 15) is 13.2 Å². The van der Waals surface area contributed by atoms with E-state index in [2.05, 4.69) is 5.32 Å². The quantitative estimate of drug-likeness (QED) is 0.736. The molecule has 0 fully saturated rings. The number of anilines is 1. The molecule has 1 aromatic rings. The van der Waals surface area contributed by atoms with Gasteiger partial charge in [0.1, 0.15) is 5.25 Å². The summed E-state index contributed by atoms with van der Waals surface area (Å²) in [7, 11) is -3.60. The summed E-state index contributed by atoms with van der Waals surface area (Å²) in [5.41, 5.74) is 6.35. The summed E-state index contributed by atoms with van der Waals surface area (Å²) in [4.78, 5) is 11.6. The minimum atomic E-state index is -3.60. The van der Waals surface area contributed by atoms with Crippen LogP contribution in [0.4, 0.5) is 5.69 Å². The minimum absolute atomic E-state index is 0.130. The first-order valence-electron chi connectivity index (χ1n) is 4.85. The van der Waals surface area contributed by atoms with Crippen LogP contribution in [0.1, 0.15) is 12.5 Å². The lowest BCUT2D eigenvalue weighted by Crippen LogP contribution is -2.38. The molecule has 5 nitrogen and oxygen atoms in total. The summed E-state index contributed by atoms with van der Waals surface area (Å²) in [6.45, 7) is 1.51. The molecule has 16 heavy (non-hydrogen) atoms. The average Bonchev–Trinajstić information content (AvgIpc) is 2.25. The number of carbonyl (C=O) groups is 1. The van der Waals surface area contributed by atoms with E-state index in [-0.39, 0.29) is 11.4 Å². The normalized spacial score (nSPS) is 22.4. The molecule has 0 spiro atoms. The van der Waals surface area contributed by atoms with Crippen LogP contribution < -0.4 is 11.1 Å². The van der Waals surface area contributed by atoms with Gasteiger partial charge in [-0.15, -0.1) is 0 Å². The second-order valence-corrected chi connectivity index (χ2v) is 5.88. The number of hydrogen-bond acceptors (Lipinski definition) is 4. The highest BCUT2D eigenvalue weighted by Crippen LogP contribution is 2.32. The molecule has 0 radical (unpaired) electrons. The summed E-state index contributed by atoms with van der Waals surface area (Å²) >= 11 is 0. The number of amides is 1. The van der Waals surface area contributed by atoms with Gasteiger partial charge in [0.15, 0.2) is 9.84 Å². The summed E-state index contributed by atoms with van der Waals surface area (Å²) in [5.74, 6) is -0.498. The van der Waals surface area contributed by atoms with Gasteiger partial charge in [0, 0.05) is 6.54 Å². The van der Waals surface area contributed by atoms with E-state index in [1.165, 1.54) is 6.92 Å². The lowest BCUT2D eigenvalue weighted by Gasteiger charge is -2.24. The van der Waals surface area contributed by atoms with E-state index in [0.717, 1.165) is 0 Å². The molecule has 86 valence electrons. The highest BCUT2D eigenvalue weighted by molar-refractivity contribution is 7.93. The zero-order chi connectivity index (χ0) is 11.9. The van der Waals surface area contributed by atoms with Gasteiger partial charge in [-0.3, -0.25) is 4.79 Å². The molecular weight excluding hydrogens is 228 g/mol. The number of carbonyl (C=O) groups excluding carboxylic acids is 1. The monoisotopic (exact) mass is 240 g/mol. The molecule has 1 aliphatic heterocycles. The number of hydrogen-bond donors (Lipinski definition) is 2. The van der Waals surface area contributed by atoms with Gasteiger partial charge in [-0.2, -0.15) is 0 Å². The van der Waals surface area contributed by atoms with Gasteiger partial charge in [0.05, 0.1) is 10.6 Å². The molecule has 0 aromatic heterocycles. The van der Waals surface area contributed by atoms with Crippen molar-refractivity contribution in [2.24, 2.45) is 5.73 Å². The zero-order valence-corrected chi connectivity index (χ0v) is 9.54. The third-order valence-electron chi connectivity index (χ3n) is 2.69. The van der Waals surface area contributed by atoms with E-state index in [4.69, 9.17) is 5.73 Å². The van der Waals surface area contributed by atoms with Crippen molar-refractivity contribution in [2.45, 2.75) is 23.6 Å². The third-order valence-corrected chi connectivity index (χ3v) is 4.89. The number of nitrogens with one attached hydrogen (secondary N) is 1. The maximum Gasteiger partial charge on any atom is 0.242 e. The number of nitrogens with two attached hydrogens (primary N) is 1. The van der Waals surface area contributed by atoms with Crippen LogP contribution in [0.2, 0.25) is 0 Å². The molecule has 1 heterocycles. The second-order valence-electron chi connectivity index (χ2n) is 3.67. The van der Waals surface area contributed by atoms with E-state index < -0.39 is 21.0 Å². The lowest BCUT2D eigenvalue weighted by atomic mass is 10.2. The SMILES string of the molecule is CC1C(=O)Nc2cccc(CN)c2S1(=O)=O. The maximum atomic E-state index is 12.1. The largest absolute Gasteiger partial charge is 0.326 e. The first-order valence-corrected chi connectivity index (χ1v) is 6.40. The van der Waals surface area contributed by atoms with Gasteiger partial charge in [-0.1, -0.05) is 12.1 Å². The Hall–Kier alpha value is -1.40. The summed E-state index contributed by atoms with van der Waals surface area (Å²) in [5, 5.41) is 1.50. The number of fused-ring (bicyclic) bond motifs is 1. The molecule has 0 aliphatic carbocycles. The molecule has 0 saturated heterocycles. The van der Waals surface area contributed by atoms with Crippen molar-refractivity contribution in [3.8, 4) is 0 Å². The third kappa shape index (κ3) is 1.42. The maximum absolute atomic E-state index is 12.1. The van der Waals surface area contributed by atoms with Gasteiger partial charge in [-0.05, 0) is 18.6 Å². The molecule has 6 heteroatoms. The van der Waals surface area contributed by atoms with Crippen molar-refractivity contribution in [1.82, 2.24) is 0 Å². The molecular formula is C10H12N2O3S. The molecule has 1 amide bonds. The Balaban J connectivity index is 2.77. The van der Waals surface area contributed by atoms with E-state index in [0.29, 0.717) is 11.3 Å². The van der Waals surface area contributed by atoms with Crippen LogP contribution in [0.25, 0.3) is 0 Å². The van der Waals surface area contributed by atoms with Crippen molar-refractivity contribution >= 4 is 21.4 Å². The Morgan fingerprint density at radius 2 is 2.12 bits per heavy atom. The van der Waals surface area contributed by atoms with Crippen LogP contribution in [0.15, 0.2) is 23.1 Å². The first-order chi connectivity index (χ1) is 7.48. The van der Waals surface area contributed by atoms with Crippen LogP contribution in [-0.2, 0) is 21.2 Å². The fourth-order valence-electron chi connectivity index (χ4n) is 1.73. The van der Waals surface area contributed by atoms with E-state index >= 15 is 0 Å². The van der Waals surface area contributed by atoms with Crippen molar-refractivity contribution in [3.63, 3.8) is 0 Å². The average molecular weight is 240 g/mol. The second kappa shape index (κ2) is 3.57. The van der Waals surface area contributed by atoms with Crippen molar-refractivity contribution in [2.75, 3.05) is 5.32 Å². The highest BCUT2D eigenvalue weighted by Gasteiger charge is 2.38. The Morgan fingerprint density at radius 3 is 2.75 bits per heavy atom. The van der Waals surface area contributed by atoms with Gasteiger partial charge in [0.25, 0.3) is 0 Å². The molecule has 1 unspecified atom stereocenters. The Bertz CT molecular complexity index is 551. The van der Waals surface area contributed by atoms with Crippen LogP contribution in [0.5, 0.6) is 0 Å². The highest BCUT2D eigenvalue weighted by atomic mass is 32.2. The molecule has 0 bridgehead atoms. The lowest BCUT2D eigenvalue weighted by molar-refractivity contribution is -0.115. The molecule has 1 aliphatic rings. The molecule has 1 atom stereocenters. The van der Waals surface area contributed by atoms with E-state index in [1.54, 1.807) is 18.2 Å². The number of sulfone groups is 1. The van der Waals surface area contributed by atoms with Gasteiger partial charge >= 0.3 is 0 Å². The molecule has 0 saturated carbocycles. The predicted molar refractivity (Wildman–Crippen MR) is 59.6 cm³/mol. The molecule has 1 aromatic carbocycles. The van der Waals surface area contributed by atoms with Gasteiger partial charge in [0.2, 0.25) is 5.91 Å². The molecule has 2 rings (SSSR count). The fraction of sp³-hybridized carbons (Fsp3) is 0.300. The smallest absolute Gasteiger partial charge is 0.242 e. The van der Waals surface area contributed by atoms with Crippen LogP contribution in [0.3, 0.4) is 0 Å². The Morgan fingerprint density at radius 1 is 1.44 bits per heavy atom. The van der Waals surface area contributed by atoms with Gasteiger partial charge < -0.3 is 11.1 Å². The van der Waals surface area contributed by atoms with Crippen molar-refractivity contribution in [1.29, 1.82) is 0 Å². The van der Waals surface area contributed by atoms with E-state index in [1.807, 2.05) is 0 Å². The first kappa shape index (κ1) is 11.1. The fourth-order valence-corrected chi connectivity index (χ4v) is 3.37. The van der Waals surface area contributed by atoms with Crippen LogP contribution >= 0.6 is 0 Å². The predicted octanol–water partition coefficient (Wildman–Crippen LogP) is 0.260. The zero-order valence-electron chi connectivity index (χ0n) is 8.73. The van der Waals surface area contributed by atoms with Gasteiger partial charge in [-0.25, -0.2) is 8.42 Å². The number of benzene rings is 1. The minimum Gasteiger partial charge on any atom is -0.326 e. The van der Waals surface area contributed by atoms with Crippen molar-refractivity contribution < 1.29 is 13.2 Å². The summed E-state index contributed by atoms with van der Waals surface area (Å²) in [6.07, 6.45) is 0. The summed E-state index contributed by atoms with van der Waals surface area (Å²) < 4.78 is 24.2. The van der Waals surface area contributed by atoms with Crippen molar-refractivity contribution in [3.05, 3.63) is 23.8 Å². The topological polar surface area (TPSA) is 89.3 Å². The Labute approximate surface area is 93.6 Å². The van der Waals surface area contributed by atoms with Crippen LogP contribution in [0, 0.1) is 0 Å². The van der Waals surface area contributed by atoms with Crippen LogP contribution in [-0.4, -0.2) is 19.6 Å². The number of rotatable bonds is 1. The Kier molecular flexibility index (Phi) is 2.47. The summed E-state index contributed by atoms with van der Waals surface area (Å²) in [6, 6.07) is 4.89.